The molecule has 96 valence electrons. The molecule has 0 radical (unpaired) electrons. The number of aliphatic hydroxyl groups excluding tert-OH is 1. The molecule has 2 N–H and O–H groups in total. The average Bonchev–Trinajstić information content (AvgIpc) is 2.08. The number of carbonyl (C=O) groups is 1. The summed E-state index contributed by atoms with van der Waals surface area (Å²) in [4.78, 5) is 11.8. The van der Waals surface area contributed by atoms with E-state index in [2.05, 4.69) is 0 Å². The van der Waals surface area contributed by atoms with Crippen molar-refractivity contribution in [1.29, 1.82) is 0 Å². The van der Waals surface area contributed by atoms with E-state index in [4.69, 9.17) is 10.2 Å². The predicted octanol–water partition coefficient (Wildman–Crippen LogP) is 0.952. The molecular formula is C9H16F3NO3. The number of hydrogen-bond donors (Lipinski definition) is 2. The molecule has 0 bridgehead atoms. The van der Waals surface area contributed by atoms with Crippen molar-refractivity contribution in [3.63, 3.8) is 0 Å². The van der Waals surface area contributed by atoms with Crippen LogP contribution in [-0.2, 0) is 4.79 Å². The standard InChI is InChI=1S/C9H16F3NO3/c1-6(2)13(3-4-14)5-7(8(15)16)9(10,11)12/h6-7,14H,3-5H2,1-2H3,(H,15,16). The zero-order valence-electron chi connectivity index (χ0n) is 9.16. The molecule has 0 aromatic carbocycles. The molecule has 0 aromatic heterocycles. The molecule has 0 aromatic rings. The topological polar surface area (TPSA) is 60.8 Å². The van der Waals surface area contributed by atoms with E-state index in [1.807, 2.05) is 0 Å². The van der Waals surface area contributed by atoms with Gasteiger partial charge in [0.25, 0.3) is 0 Å². The molecule has 4 nitrogen and oxygen atoms in total. The smallest absolute Gasteiger partial charge is 0.403 e. The Labute approximate surface area is 91.7 Å². The van der Waals surface area contributed by atoms with Gasteiger partial charge >= 0.3 is 12.1 Å². The highest BCUT2D eigenvalue weighted by Gasteiger charge is 2.46. The third kappa shape index (κ3) is 4.80. The summed E-state index contributed by atoms with van der Waals surface area (Å²) in [5.74, 6) is -4.31. The predicted molar refractivity (Wildman–Crippen MR) is 51.0 cm³/mol. The Morgan fingerprint density at radius 1 is 1.38 bits per heavy atom. The second-order valence-electron chi connectivity index (χ2n) is 3.74. The lowest BCUT2D eigenvalue weighted by Gasteiger charge is -2.29. The van der Waals surface area contributed by atoms with E-state index < -0.39 is 24.6 Å². The van der Waals surface area contributed by atoms with Gasteiger partial charge in [0.2, 0.25) is 0 Å². The van der Waals surface area contributed by atoms with Gasteiger partial charge in [-0.25, -0.2) is 0 Å². The second-order valence-corrected chi connectivity index (χ2v) is 3.74. The highest BCUT2D eigenvalue weighted by Crippen LogP contribution is 2.27. The van der Waals surface area contributed by atoms with Gasteiger partial charge in [0.15, 0.2) is 5.92 Å². The minimum atomic E-state index is -4.77. The van der Waals surface area contributed by atoms with Crippen LogP contribution in [0.5, 0.6) is 0 Å². The number of alkyl halides is 3. The fraction of sp³-hybridized carbons (Fsp3) is 0.889. The van der Waals surface area contributed by atoms with Crippen LogP contribution in [0.3, 0.4) is 0 Å². The van der Waals surface area contributed by atoms with Gasteiger partial charge in [0.05, 0.1) is 6.61 Å². The van der Waals surface area contributed by atoms with Crippen molar-refractivity contribution in [3.05, 3.63) is 0 Å². The number of rotatable bonds is 6. The van der Waals surface area contributed by atoms with E-state index in [0.717, 1.165) is 0 Å². The van der Waals surface area contributed by atoms with Gasteiger partial charge in [-0.3, -0.25) is 9.69 Å². The van der Waals surface area contributed by atoms with E-state index in [9.17, 15) is 18.0 Å². The summed E-state index contributed by atoms with van der Waals surface area (Å²) in [6.07, 6.45) is -4.77. The molecule has 0 saturated heterocycles. The summed E-state index contributed by atoms with van der Waals surface area (Å²) < 4.78 is 37.1. The minimum absolute atomic E-state index is 0.0253. The fourth-order valence-electron chi connectivity index (χ4n) is 1.24. The number of nitrogens with zero attached hydrogens (tertiary/aromatic N) is 1. The van der Waals surface area contributed by atoms with Crippen LogP contribution >= 0.6 is 0 Å². The summed E-state index contributed by atoms with van der Waals surface area (Å²) in [5.41, 5.74) is 0. The van der Waals surface area contributed by atoms with Crippen LogP contribution < -0.4 is 0 Å². The zero-order valence-corrected chi connectivity index (χ0v) is 9.16. The van der Waals surface area contributed by atoms with Crippen molar-refractivity contribution in [2.24, 2.45) is 5.92 Å². The molecule has 7 heteroatoms. The summed E-state index contributed by atoms with van der Waals surface area (Å²) in [7, 11) is 0. The fourth-order valence-corrected chi connectivity index (χ4v) is 1.24. The maximum atomic E-state index is 12.4. The van der Waals surface area contributed by atoms with Crippen molar-refractivity contribution in [2.75, 3.05) is 19.7 Å². The van der Waals surface area contributed by atoms with Gasteiger partial charge < -0.3 is 10.2 Å². The largest absolute Gasteiger partial charge is 0.481 e. The zero-order chi connectivity index (χ0) is 12.9. The van der Waals surface area contributed by atoms with E-state index in [0.29, 0.717) is 0 Å². The quantitative estimate of drug-likeness (QED) is 0.729. The Bertz CT molecular complexity index is 231. The van der Waals surface area contributed by atoms with Crippen LogP contribution in [0, 0.1) is 5.92 Å². The van der Waals surface area contributed by atoms with Gasteiger partial charge in [-0.1, -0.05) is 0 Å². The third-order valence-corrected chi connectivity index (χ3v) is 2.23. The SMILES string of the molecule is CC(C)N(CCO)CC(C(=O)O)C(F)(F)F. The van der Waals surface area contributed by atoms with E-state index in [1.165, 1.54) is 4.90 Å². The Kier molecular flexibility index (Phi) is 5.74. The first-order valence-electron chi connectivity index (χ1n) is 4.84. The molecule has 1 atom stereocenters. The Morgan fingerprint density at radius 2 is 1.88 bits per heavy atom. The maximum absolute atomic E-state index is 12.4. The monoisotopic (exact) mass is 243 g/mol. The van der Waals surface area contributed by atoms with Crippen LogP contribution in [-0.4, -0.2) is 53.0 Å². The molecular weight excluding hydrogens is 227 g/mol. The van der Waals surface area contributed by atoms with Gasteiger partial charge in [0, 0.05) is 19.1 Å². The van der Waals surface area contributed by atoms with Crippen molar-refractivity contribution >= 4 is 5.97 Å². The molecule has 0 aliphatic rings. The number of carboxylic acid groups (broad SMARTS) is 1. The third-order valence-electron chi connectivity index (χ3n) is 2.23. The van der Waals surface area contributed by atoms with Crippen molar-refractivity contribution in [3.8, 4) is 0 Å². The number of aliphatic carboxylic acids is 1. The average molecular weight is 243 g/mol. The summed E-state index contributed by atoms with van der Waals surface area (Å²) >= 11 is 0. The van der Waals surface area contributed by atoms with Gasteiger partial charge in [0.1, 0.15) is 0 Å². The summed E-state index contributed by atoms with van der Waals surface area (Å²) in [6, 6.07) is -0.253. The minimum Gasteiger partial charge on any atom is -0.481 e. The first kappa shape index (κ1) is 15.2. The van der Waals surface area contributed by atoms with Crippen LogP contribution in [0.2, 0.25) is 0 Å². The first-order chi connectivity index (χ1) is 7.20. The molecule has 0 saturated carbocycles. The van der Waals surface area contributed by atoms with Gasteiger partial charge in [-0.2, -0.15) is 13.2 Å². The number of hydrogen-bond acceptors (Lipinski definition) is 3. The molecule has 1 unspecified atom stereocenters. The highest BCUT2D eigenvalue weighted by molar-refractivity contribution is 5.71. The van der Waals surface area contributed by atoms with Gasteiger partial charge in [-0.05, 0) is 13.8 Å². The number of aliphatic hydroxyl groups is 1. The summed E-state index contributed by atoms with van der Waals surface area (Å²) in [5, 5.41) is 17.2. The molecule has 0 amide bonds. The maximum Gasteiger partial charge on any atom is 0.403 e. The molecule has 0 aliphatic heterocycles. The molecule has 0 rings (SSSR count). The second kappa shape index (κ2) is 6.05. The molecule has 0 fully saturated rings. The molecule has 16 heavy (non-hydrogen) atoms. The lowest BCUT2D eigenvalue weighted by atomic mass is 10.1. The summed E-state index contributed by atoms with van der Waals surface area (Å²) in [6.45, 7) is 2.37. The van der Waals surface area contributed by atoms with E-state index in [1.54, 1.807) is 13.8 Å². The number of carboxylic acids is 1. The van der Waals surface area contributed by atoms with E-state index >= 15 is 0 Å². The van der Waals surface area contributed by atoms with Crippen LogP contribution in [0.25, 0.3) is 0 Å². The van der Waals surface area contributed by atoms with Crippen LogP contribution in [0.4, 0.5) is 13.2 Å². The molecule has 0 heterocycles. The Balaban J connectivity index is 4.65. The molecule has 0 spiro atoms. The van der Waals surface area contributed by atoms with Crippen molar-refractivity contribution in [2.45, 2.75) is 26.1 Å². The lowest BCUT2D eigenvalue weighted by molar-refractivity contribution is -0.197. The van der Waals surface area contributed by atoms with Crippen molar-refractivity contribution < 1.29 is 28.2 Å². The Hall–Kier alpha value is -0.820. The van der Waals surface area contributed by atoms with E-state index in [-0.39, 0.29) is 19.2 Å². The Morgan fingerprint density at radius 3 is 2.12 bits per heavy atom. The van der Waals surface area contributed by atoms with Crippen LogP contribution in [0.1, 0.15) is 13.8 Å². The first-order valence-corrected chi connectivity index (χ1v) is 4.84. The van der Waals surface area contributed by atoms with Crippen molar-refractivity contribution in [1.82, 2.24) is 4.90 Å². The van der Waals surface area contributed by atoms with Gasteiger partial charge in [-0.15, -0.1) is 0 Å². The van der Waals surface area contributed by atoms with Crippen LogP contribution in [0.15, 0.2) is 0 Å². The molecule has 0 aliphatic carbocycles. The lowest BCUT2D eigenvalue weighted by Crippen LogP contribution is -2.44. The highest BCUT2D eigenvalue weighted by atomic mass is 19.4. The normalized spacial score (nSPS) is 14.5. The number of halogens is 3.